The Morgan fingerprint density at radius 2 is 1.93 bits per heavy atom. The van der Waals surface area contributed by atoms with Gasteiger partial charge in [0.25, 0.3) is 5.91 Å². The lowest BCUT2D eigenvalue weighted by atomic mass is 9.88. The third-order valence-electron chi connectivity index (χ3n) is 5.77. The van der Waals surface area contributed by atoms with Crippen molar-refractivity contribution < 1.29 is 13.9 Å². The summed E-state index contributed by atoms with van der Waals surface area (Å²) >= 11 is 0. The number of carbonyl (C=O) groups excluding carboxylic acids is 1. The van der Waals surface area contributed by atoms with Crippen molar-refractivity contribution in [3.05, 3.63) is 42.0 Å². The lowest BCUT2D eigenvalue weighted by Gasteiger charge is -2.34. The molecule has 3 heterocycles. The highest BCUT2D eigenvalue weighted by molar-refractivity contribution is 5.81. The molecular weight excluding hydrogens is 371 g/mol. The lowest BCUT2D eigenvalue weighted by molar-refractivity contribution is -0.142. The van der Waals surface area contributed by atoms with E-state index in [9.17, 15) is 9.18 Å². The molecule has 2 fully saturated rings. The predicted molar refractivity (Wildman–Crippen MR) is 109 cm³/mol. The molecule has 29 heavy (non-hydrogen) atoms. The van der Waals surface area contributed by atoms with Crippen molar-refractivity contribution in [3.63, 3.8) is 0 Å². The fourth-order valence-electron chi connectivity index (χ4n) is 4.15. The zero-order valence-corrected chi connectivity index (χ0v) is 17.0. The van der Waals surface area contributed by atoms with Crippen LogP contribution in [0, 0.1) is 5.82 Å². The van der Waals surface area contributed by atoms with E-state index < -0.39 is 0 Å². The van der Waals surface area contributed by atoms with Gasteiger partial charge in [-0.15, -0.1) is 0 Å². The summed E-state index contributed by atoms with van der Waals surface area (Å²) in [5, 5.41) is 0. The van der Waals surface area contributed by atoms with Crippen LogP contribution in [-0.2, 0) is 9.53 Å². The van der Waals surface area contributed by atoms with Crippen LogP contribution < -0.4 is 4.90 Å². The maximum atomic E-state index is 14.5. The molecule has 0 saturated carbocycles. The van der Waals surface area contributed by atoms with Crippen molar-refractivity contribution >= 4 is 11.9 Å². The zero-order chi connectivity index (χ0) is 20.4. The number of likely N-dealkylation sites (tertiary alicyclic amines) is 1. The molecule has 154 valence electrons. The Bertz CT molecular complexity index is 875. The predicted octanol–water partition coefficient (Wildman–Crippen LogP) is 3.23. The molecule has 1 aromatic carbocycles. The average molecular weight is 398 g/mol. The highest BCUT2D eigenvalue weighted by Gasteiger charge is 2.32. The third kappa shape index (κ3) is 4.10. The summed E-state index contributed by atoms with van der Waals surface area (Å²) in [6.07, 6.45) is 4.80. The summed E-state index contributed by atoms with van der Waals surface area (Å²) in [4.78, 5) is 25.6. The molecule has 2 aliphatic heterocycles. The summed E-state index contributed by atoms with van der Waals surface area (Å²) in [7, 11) is 3.79. The molecule has 1 amide bonds. The molecule has 1 aromatic heterocycles. The fraction of sp³-hybridized carbons (Fsp3) is 0.500. The lowest BCUT2D eigenvalue weighted by Crippen LogP contribution is -2.43. The number of aromatic nitrogens is 2. The maximum absolute atomic E-state index is 14.5. The van der Waals surface area contributed by atoms with Gasteiger partial charge in [0.15, 0.2) is 0 Å². The molecule has 7 heteroatoms. The summed E-state index contributed by atoms with van der Waals surface area (Å²) in [5.41, 5.74) is 2.11. The number of rotatable bonds is 4. The van der Waals surface area contributed by atoms with Gasteiger partial charge in [0.2, 0.25) is 5.95 Å². The van der Waals surface area contributed by atoms with Crippen LogP contribution in [0.5, 0.6) is 0 Å². The fourth-order valence-corrected chi connectivity index (χ4v) is 4.15. The molecule has 0 radical (unpaired) electrons. The summed E-state index contributed by atoms with van der Waals surface area (Å²) in [6, 6.07) is 6.73. The number of amides is 1. The van der Waals surface area contributed by atoms with Gasteiger partial charge >= 0.3 is 0 Å². The van der Waals surface area contributed by atoms with Gasteiger partial charge in [0, 0.05) is 57.0 Å². The molecule has 0 N–H and O–H groups in total. The van der Waals surface area contributed by atoms with E-state index >= 15 is 0 Å². The Labute approximate surface area is 170 Å². The second-order valence-electron chi connectivity index (χ2n) is 7.94. The minimum Gasteiger partial charge on any atom is -0.368 e. The number of hydrogen-bond donors (Lipinski definition) is 0. The van der Waals surface area contributed by atoms with Gasteiger partial charge in [-0.25, -0.2) is 14.4 Å². The normalized spacial score (nSPS) is 20.1. The molecular formula is C22H27FN4O2. The highest BCUT2D eigenvalue weighted by atomic mass is 19.1. The van der Waals surface area contributed by atoms with Gasteiger partial charge < -0.3 is 14.5 Å². The van der Waals surface area contributed by atoms with Crippen LogP contribution in [0.4, 0.5) is 10.3 Å². The average Bonchev–Trinajstić information content (AvgIpc) is 3.28. The van der Waals surface area contributed by atoms with E-state index in [2.05, 4.69) is 4.98 Å². The smallest absolute Gasteiger partial charge is 0.251 e. The Kier molecular flexibility index (Phi) is 5.76. The van der Waals surface area contributed by atoms with Crippen molar-refractivity contribution in [2.24, 2.45) is 0 Å². The largest absolute Gasteiger partial charge is 0.368 e. The van der Waals surface area contributed by atoms with Gasteiger partial charge in [-0.05, 0) is 31.7 Å². The van der Waals surface area contributed by atoms with E-state index in [0.29, 0.717) is 31.2 Å². The number of piperidine rings is 1. The van der Waals surface area contributed by atoms with E-state index in [-0.39, 0.29) is 23.7 Å². The highest BCUT2D eigenvalue weighted by Crippen LogP contribution is 2.36. The van der Waals surface area contributed by atoms with Crippen molar-refractivity contribution in [1.29, 1.82) is 0 Å². The molecule has 6 nitrogen and oxygen atoms in total. The van der Waals surface area contributed by atoms with Crippen LogP contribution in [0.2, 0.25) is 0 Å². The number of carbonyl (C=O) groups is 1. The van der Waals surface area contributed by atoms with Crippen LogP contribution >= 0.6 is 0 Å². The van der Waals surface area contributed by atoms with Crippen molar-refractivity contribution in [3.8, 4) is 11.1 Å². The SMILES string of the molecule is CN(C)c1ncc(-c2ccccc2F)c(C2CCN(C(=O)[C@@H]3CCCO3)CC2)n1. The summed E-state index contributed by atoms with van der Waals surface area (Å²) < 4.78 is 20.0. The number of anilines is 1. The summed E-state index contributed by atoms with van der Waals surface area (Å²) in [5.74, 6) is 0.589. The van der Waals surface area contributed by atoms with Gasteiger partial charge in [0.1, 0.15) is 11.9 Å². The molecule has 0 spiro atoms. The number of nitrogens with zero attached hydrogens (tertiary/aromatic N) is 4. The van der Waals surface area contributed by atoms with E-state index in [0.717, 1.165) is 36.9 Å². The maximum Gasteiger partial charge on any atom is 0.251 e. The number of hydrogen-bond acceptors (Lipinski definition) is 5. The minimum absolute atomic E-state index is 0.104. The van der Waals surface area contributed by atoms with Crippen molar-refractivity contribution in [2.45, 2.75) is 37.7 Å². The molecule has 0 unspecified atom stereocenters. The van der Waals surface area contributed by atoms with Crippen LogP contribution in [0.15, 0.2) is 30.5 Å². The molecule has 2 aromatic rings. The monoisotopic (exact) mass is 398 g/mol. The van der Waals surface area contributed by atoms with E-state index in [4.69, 9.17) is 9.72 Å². The zero-order valence-electron chi connectivity index (χ0n) is 17.0. The number of halogens is 1. The number of benzene rings is 1. The van der Waals surface area contributed by atoms with Crippen molar-refractivity contribution in [2.75, 3.05) is 38.7 Å². The topological polar surface area (TPSA) is 58.6 Å². The van der Waals surface area contributed by atoms with Gasteiger partial charge in [-0.1, -0.05) is 18.2 Å². The van der Waals surface area contributed by atoms with Crippen LogP contribution in [0.1, 0.15) is 37.3 Å². The molecule has 0 aliphatic carbocycles. The molecule has 1 atom stereocenters. The van der Waals surface area contributed by atoms with Crippen LogP contribution in [0.25, 0.3) is 11.1 Å². The number of ether oxygens (including phenoxy) is 1. The first kappa shape index (κ1) is 19.8. The van der Waals surface area contributed by atoms with Gasteiger partial charge in [-0.2, -0.15) is 0 Å². The van der Waals surface area contributed by atoms with Crippen molar-refractivity contribution in [1.82, 2.24) is 14.9 Å². The molecule has 0 bridgehead atoms. The van der Waals surface area contributed by atoms with Crippen LogP contribution in [-0.4, -0.2) is 60.7 Å². The summed E-state index contributed by atoms with van der Waals surface area (Å²) in [6.45, 7) is 2.01. The quantitative estimate of drug-likeness (QED) is 0.791. The molecule has 4 rings (SSSR count). The van der Waals surface area contributed by atoms with E-state index in [1.165, 1.54) is 6.07 Å². The van der Waals surface area contributed by atoms with Crippen LogP contribution in [0.3, 0.4) is 0 Å². The first-order chi connectivity index (χ1) is 14.0. The first-order valence-electron chi connectivity index (χ1n) is 10.2. The second kappa shape index (κ2) is 8.45. The molecule has 2 saturated heterocycles. The van der Waals surface area contributed by atoms with Gasteiger partial charge in [0.05, 0.1) is 5.69 Å². The Morgan fingerprint density at radius 1 is 1.17 bits per heavy atom. The van der Waals surface area contributed by atoms with E-state index in [1.807, 2.05) is 30.0 Å². The minimum atomic E-state index is -0.278. The standard InChI is InChI=1S/C22H27FN4O2/c1-26(2)22-24-14-17(16-6-3-4-7-18(16)23)20(25-22)15-9-11-27(12-10-15)21(28)19-8-5-13-29-19/h3-4,6-7,14-15,19H,5,8-13H2,1-2H3/t19-/m0/s1. The third-order valence-corrected chi connectivity index (χ3v) is 5.77. The second-order valence-corrected chi connectivity index (χ2v) is 7.94. The Morgan fingerprint density at radius 3 is 2.59 bits per heavy atom. The Hall–Kier alpha value is -2.54. The first-order valence-corrected chi connectivity index (χ1v) is 10.2. The van der Waals surface area contributed by atoms with E-state index in [1.54, 1.807) is 18.3 Å². The molecule has 2 aliphatic rings. The Balaban J connectivity index is 1.58. The van der Waals surface area contributed by atoms with Gasteiger partial charge in [-0.3, -0.25) is 4.79 Å².